The number of nitrogens with one attached hydrogen (secondary N) is 1. The van der Waals surface area contributed by atoms with Crippen LogP contribution in [0.25, 0.3) is 0 Å². The molecular weight excluding hydrogens is 220 g/mol. The molecule has 1 aliphatic rings. The lowest BCUT2D eigenvalue weighted by atomic mass is 9.98. The monoisotopic (exact) mass is 242 g/mol. The Bertz CT molecular complexity index is 281. The van der Waals surface area contributed by atoms with Crippen LogP contribution >= 0.6 is 0 Å². The molecule has 3 unspecified atom stereocenters. The molecule has 1 rings (SSSR count). The summed E-state index contributed by atoms with van der Waals surface area (Å²) >= 11 is 0. The van der Waals surface area contributed by atoms with Crippen LogP contribution in [0.3, 0.4) is 0 Å². The molecule has 5 heteroatoms. The van der Waals surface area contributed by atoms with Crippen molar-refractivity contribution in [3.8, 4) is 0 Å². The number of carbonyl (C=O) groups excluding carboxylic acids is 2. The molecule has 3 atom stereocenters. The first-order valence-corrected chi connectivity index (χ1v) is 6.26. The van der Waals surface area contributed by atoms with Crippen molar-refractivity contribution in [2.24, 2.45) is 17.6 Å². The molecule has 0 aromatic carbocycles. The number of amides is 1. The van der Waals surface area contributed by atoms with Gasteiger partial charge in [0.25, 0.3) is 0 Å². The third-order valence-corrected chi connectivity index (χ3v) is 3.40. The van der Waals surface area contributed by atoms with Crippen molar-refractivity contribution in [3.05, 3.63) is 0 Å². The summed E-state index contributed by atoms with van der Waals surface area (Å²) in [6.07, 6.45) is 3.56. The van der Waals surface area contributed by atoms with Crippen LogP contribution in [0.5, 0.6) is 0 Å². The highest BCUT2D eigenvalue weighted by molar-refractivity contribution is 6.01. The minimum Gasteiger partial charge on any atom is -0.464 e. The normalized spacial score (nSPS) is 25.4. The second-order valence-corrected chi connectivity index (χ2v) is 4.64. The van der Waals surface area contributed by atoms with E-state index in [0.29, 0.717) is 18.4 Å². The molecule has 0 bridgehead atoms. The minimum atomic E-state index is -1.20. The van der Waals surface area contributed by atoms with Gasteiger partial charge in [-0.05, 0) is 25.2 Å². The molecule has 0 spiro atoms. The van der Waals surface area contributed by atoms with Gasteiger partial charge in [0, 0.05) is 6.54 Å². The van der Waals surface area contributed by atoms with Gasteiger partial charge in [-0.1, -0.05) is 19.8 Å². The van der Waals surface area contributed by atoms with Crippen LogP contribution in [0.2, 0.25) is 0 Å². The molecule has 1 fully saturated rings. The van der Waals surface area contributed by atoms with Crippen molar-refractivity contribution in [2.45, 2.75) is 39.2 Å². The van der Waals surface area contributed by atoms with E-state index in [1.54, 1.807) is 6.92 Å². The van der Waals surface area contributed by atoms with Crippen LogP contribution in [-0.2, 0) is 14.3 Å². The fourth-order valence-corrected chi connectivity index (χ4v) is 2.21. The second-order valence-electron chi connectivity index (χ2n) is 4.64. The Morgan fingerprint density at radius 1 is 1.47 bits per heavy atom. The Kier molecular flexibility index (Phi) is 5.41. The predicted octanol–water partition coefficient (Wildman–Crippen LogP) is 0.429. The summed E-state index contributed by atoms with van der Waals surface area (Å²) in [6, 6.07) is -1.20. The Balaban J connectivity index is 2.31. The zero-order chi connectivity index (χ0) is 12.8. The van der Waals surface area contributed by atoms with E-state index in [2.05, 4.69) is 12.2 Å². The quantitative estimate of drug-likeness (QED) is 0.541. The SMILES string of the molecule is CCOC(=O)C(N)C(=O)NCC1CCCC1C. The van der Waals surface area contributed by atoms with E-state index < -0.39 is 17.9 Å². The third-order valence-electron chi connectivity index (χ3n) is 3.40. The van der Waals surface area contributed by atoms with Gasteiger partial charge < -0.3 is 15.8 Å². The summed E-state index contributed by atoms with van der Waals surface area (Å²) in [6.45, 7) is 4.71. The van der Waals surface area contributed by atoms with Gasteiger partial charge in [0.15, 0.2) is 6.04 Å². The van der Waals surface area contributed by atoms with Crippen molar-refractivity contribution >= 4 is 11.9 Å². The van der Waals surface area contributed by atoms with Gasteiger partial charge in [-0.2, -0.15) is 0 Å². The van der Waals surface area contributed by atoms with Crippen LogP contribution in [0.4, 0.5) is 0 Å². The number of hydrogen-bond acceptors (Lipinski definition) is 4. The van der Waals surface area contributed by atoms with Crippen molar-refractivity contribution < 1.29 is 14.3 Å². The highest BCUT2D eigenvalue weighted by Gasteiger charge is 2.27. The number of ether oxygens (including phenoxy) is 1. The summed E-state index contributed by atoms with van der Waals surface area (Å²) in [5.41, 5.74) is 5.48. The van der Waals surface area contributed by atoms with E-state index in [4.69, 9.17) is 10.5 Å². The smallest absolute Gasteiger partial charge is 0.332 e. The Hall–Kier alpha value is -1.10. The first-order chi connectivity index (χ1) is 8.06. The maximum absolute atomic E-state index is 11.6. The van der Waals surface area contributed by atoms with Gasteiger partial charge in [-0.25, -0.2) is 4.79 Å². The number of rotatable bonds is 5. The van der Waals surface area contributed by atoms with Crippen LogP contribution < -0.4 is 11.1 Å². The van der Waals surface area contributed by atoms with Crippen molar-refractivity contribution in [2.75, 3.05) is 13.2 Å². The lowest BCUT2D eigenvalue weighted by molar-refractivity contribution is -0.148. The molecule has 0 heterocycles. The van der Waals surface area contributed by atoms with Gasteiger partial charge in [-0.15, -0.1) is 0 Å². The fraction of sp³-hybridized carbons (Fsp3) is 0.833. The Morgan fingerprint density at radius 3 is 2.71 bits per heavy atom. The van der Waals surface area contributed by atoms with Crippen molar-refractivity contribution in [3.63, 3.8) is 0 Å². The van der Waals surface area contributed by atoms with Crippen LogP contribution in [-0.4, -0.2) is 31.1 Å². The summed E-state index contributed by atoms with van der Waals surface area (Å²) < 4.78 is 4.69. The number of esters is 1. The van der Waals surface area contributed by atoms with E-state index in [9.17, 15) is 9.59 Å². The molecule has 17 heavy (non-hydrogen) atoms. The predicted molar refractivity (Wildman–Crippen MR) is 64.1 cm³/mol. The molecule has 0 aromatic heterocycles. The van der Waals surface area contributed by atoms with Crippen LogP contribution in [0.1, 0.15) is 33.1 Å². The molecule has 5 nitrogen and oxygen atoms in total. The molecule has 0 radical (unpaired) electrons. The van der Waals surface area contributed by atoms with E-state index in [1.807, 2.05) is 0 Å². The fourth-order valence-electron chi connectivity index (χ4n) is 2.21. The summed E-state index contributed by atoms with van der Waals surface area (Å²) in [5, 5.41) is 2.73. The Labute approximate surface area is 102 Å². The molecule has 1 saturated carbocycles. The lowest BCUT2D eigenvalue weighted by Crippen LogP contribution is -2.48. The highest BCUT2D eigenvalue weighted by Crippen LogP contribution is 2.30. The standard InChI is InChI=1S/C12H22N2O3/c1-3-17-12(16)10(13)11(15)14-7-9-6-4-5-8(9)2/h8-10H,3-7,13H2,1-2H3,(H,14,15). The molecule has 0 aromatic rings. The van der Waals surface area contributed by atoms with E-state index in [-0.39, 0.29) is 6.61 Å². The molecular formula is C12H22N2O3. The lowest BCUT2D eigenvalue weighted by Gasteiger charge is -2.17. The summed E-state index contributed by atoms with van der Waals surface area (Å²) in [4.78, 5) is 22.8. The molecule has 1 amide bonds. The number of hydrogen-bond donors (Lipinski definition) is 2. The van der Waals surface area contributed by atoms with Crippen LogP contribution in [0, 0.1) is 11.8 Å². The summed E-state index contributed by atoms with van der Waals surface area (Å²) in [5.74, 6) is 0.0366. The van der Waals surface area contributed by atoms with E-state index in [1.165, 1.54) is 12.8 Å². The first-order valence-electron chi connectivity index (χ1n) is 6.26. The largest absolute Gasteiger partial charge is 0.464 e. The molecule has 98 valence electrons. The van der Waals surface area contributed by atoms with E-state index >= 15 is 0 Å². The maximum Gasteiger partial charge on any atom is 0.332 e. The zero-order valence-electron chi connectivity index (χ0n) is 10.6. The first kappa shape index (κ1) is 14.0. The number of carbonyl (C=O) groups is 2. The topological polar surface area (TPSA) is 81.4 Å². The van der Waals surface area contributed by atoms with Crippen molar-refractivity contribution in [1.29, 1.82) is 0 Å². The zero-order valence-corrected chi connectivity index (χ0v) is 10.6. The minimum absolute atomic E-state index is 0.236. The highest BCUT2D eigenvalue weighted by atomic mass is 16.5. The Morgan fingerprint density at radius 2 is 2.18 bits per heavy atom. The van der Waals surface area contributed by atoms with Gasteiger partial charge in [0.05, 0.1) is 6.61 Å². The van der Waals surface area contributed by atoms with Gasteiger partial charge in [0.1, 0.15) is 0 Å². The average Bonchev–Trinajstić information content (AvgIpc) is 2.71. The molecule has 1 aliphatic carbocycles. The molecule has 0 saturated heterocycles. The average molecular weight is 242 g/mol. The number of nitrogens with two attached hydrogens (primary N) is 1. The third kappa shape index (κ3) is 4.00. The summed E-state index contributed by atoms with van der Waals surface area (Å²) in [7, 11) is 0. The van der Waals surface area contributed by atoms with Gasteiger partial charge in [0.2, 0.25) is 5.91 Å². The van der Waals surface area contributed by atoms with Crippen molar-refractivity contribution in [1.82, 2.24) is 5.32 Å². The van der Waals surface area contributed by atoms with Crippen LogP contribution in [0.15, 0.2) is 0 Å². The molecule has 3 N–H and O–H groups in total. The van der Waals surface area contributed by atoms with Gasteiger partial charge in [-0.3, -0.25) is 4.79 Å². The molecule has 0 aliphatic heterocycles. The van der Waals surface area contributed by atoms with Gasteiger partial charge >= 0.3 is 5.97 Å². The maximum atomic E-state index is 11.6. The second kappa shape index (κ2) is 6.59. The van der Waals surface area contributed by atoms with E-state index in [0.717, 1.165) is 6.42 Å².